The highest BCUT2D eigenvalue weighted by Gasteiger charge is 2.04. The fraction of sp³-hybridized carbons (Fsp3) is 0.286. The van der Waals surface area contributed by atoms with Crippen LogP contribution in [0.4, 0.5) is 0 Å². The minimum atomic E-state index is 0.286. The number of imidazole rings is 1. The molecule has 5 heteroatoms. The van der Waals surface area contributed by atoms with Crippen LogP contribution in [0.15, 0.2) is 47.9 Å². The van der Waals surface area contributed by atoms with Gasteiger partial charge in [-0.3, -0.25) is 0 Å². The van der Waals surface area contributed by atoms with Gasteiger partial charge in [0.05, 0.1) is 0 Å². The maximum absolute atomic E-state index is 8.46. The topological polar surface area (TPSA) is 76.4 Å². The van der Waals surface area contributed by atoms with Crippen molar-refractivity contribution in [2.24, 2.45) is 10.9 Å². The van der Waals surface area contributed by atoms with Crippen molar-refractivity contribution >= 4 is 5.84 Å². The summed E-state index contributed by atoms with van der Waals surface area (Å²) in [6.07, 6.45) is 6.26. The number of nitrogens with zero attached hydrogens (tertiary/aromatic N) is 3. The zero-order chi connectivity index (χ0) is 13.5. The van der Waals surface area contributed by atoms with Crippen molar-refractivity contribution in [1.29, 1.82) is 0 Å². The van der Waals surface area contributed by atoms with E-state index in [1.165, 1.54) is 0 Å². The Labute approximate surface area is 112 Å². The van der Waals surface area contributed by atoms with E-state index in [4.69, 9.17) is 10.9 Å². The normalized spacial score (nSPS) is 11.7. The van der Waals surface area contributed by atoms with Gasteiger partial charge in [-0.1, -0.05) is 35.5 Å². The van der Waals surface area contributed by atoms with Crippen LogP contribution in [0.1, 0.15) is 19.3 Å². The molecule has 1 heterocycles. The van der Waals surface area contributed by atoms with Crippen LogP contribution in [0.3, 0.4) is 0 Å². The van der Waals surface area contributed by atoms with Gasteiger partial charge in [-0.25, -0.2) is 4.98 Å². The third-order valence-electron chi connectivity index (χ3n) is 2.96. The predicted octanol–water partition coefficient (Wildman–Crippen LogP) is 2.47. The molecule has 1 aromatic carbocycles. The molecular weight excluding hydrogens is 240 g/mol. The number of unbranched alkanes of at least 4 members (excludes halogenated alkanes) is 1. The molecule has 2 aromatic rings. The van der Waals surface area contributed by atoms with Crippen LogP contribution >= 0.6 is 0 Å². The Morgan fingerprint density at radius 3 is 2.79 bits per heavy atom. The molecule has 0 bridgehead atoms. The summed E-state index contributed by atoms with van der Waals surface area (Å²) in [5, 5.41) is 11.4. The molecule has 3 N–H and O–H groups in total. The molecule has 0 aliphatic heterocycles. The molecule has 0 amide bonds. The average Bonchev–Trinajstić information content (AvgIpc) is 2.92. The summed E-state index contributed by atoms with van der Waals surface area (Å²) in [6, 6.07) is 10.1. The van der Waals surface area contributed by atoms with Crippen LogP contribution in [0, 0.1) is 0 Å². The van der Waals surface area contributed by atoms with Crippen molar-refractivity contribution in [2.45, 2.75) is 25.8 Å². The number of amidine groups is 1. The maximum Gasteiger partial charge on any atom is 0.139 e. The number of aryl methyl sites for hydroxylation is 1. The van der Waals surface area contributed by atoms with E-state index < -0.39 is 0 Å². The number of hydrogen-bond acceptors (Lipinski definition) is 3. The fourth-order valence-electron chi connectivity index (χ4n) is 1.98. The Kier molecular flexibility index (Phi) is 4.55. The highest BCUT2D eigenvalue weighted by Crippen LogP contribution is 2.17. The van der Waals surface area contributed by atoms with Crippen molar-refractivity contribution in [2.75, 3.05) is 0 Å². The number of oxime groups is 1. The van der Waals surface area contributed by atoms with Crippen LogP contribution in [-0.2, 0) is 6.54 Å². The highest BCUT2D eigenvalue weighted by molar-refractivity contribution is 5.79. The summed E-state index contributed by atoms with van der Waals surface area (Å²) in [7, 11) is 0. The van der Waals surface area contributed by atoms with Crippen molar-refractivity contribution < 1.29 is 5.21 Å². The van der Waals surface area contributed by atoms with Gasteiger partial charge in [0.1, 0.15) is 11.7 Å². The standard InChI is InChI=1S/C14H18N4O/c15-13(17-19)8-4-5-10-18-11-9-16-14(18)12-6-2-1-3-7-12/h1-3,6-7,9,11,19H,4-5,8,10H2,(H2,15,17). The van der Waals surface area contributed by atoms with Crippen molar-refractivity contribution in [3.8, 4) is 11.4 Å². The van der Waals surface area contributed by atoms with Gasteiger partial charge in [-0.15, -0.1) is 0 Å². The molecule has 1 aromatic heterocycles. The van der Waals surface area contributed by atoms with E-state index in [1.54, 1.807) is 0 Å². The summed E-state index contributed by atoms with van der Waals surface area (Å²) in [4.78, 5) is 4.39. The minimum Gasteiger partial charge on any atom is -0.409 e. The van der Waals surface area contributed by atoms with Crippen LogP contribution in [0.5, 0.6) is 0 Å². The summed E-state index contributed by atoms with van der Waals surface area (Å²) in [5.41, 5.74) is 6.55. The summed E-state index contributed by atoms with van der Waals surface area (Å²) in [6.45, 7) is 0.878. The van der Waals surface area contributed by atoms with Gasteiger partial charge in [-0.05, 0) is 12.8 Å². The van der Waals surface area contributed by atoms with Crippen LogP contribution < -0.4 is 5.73 Å². The van der Waals surface area contributed by atoms with E-state index in [0.29, 0.717) is 6.42 Å². The number of benzene rings is 1. The quantitative estimate of drug-likeness (QED) is 0.275. The number of hydrogen-bond donors (Lipinski definition) is 2. The number of rotatable bonds is 6. The number of nitrogens with two attached hydrogens (primary N) is 1. The molecule has 0 unspecified atom stereocenters. The second kappa shape index (κ2) is 6.58. The Balaban J connectivity index is 1.94. The Morgan fingerprint density at radius 1 is 1.26 bits per heavy atom. The Morgan fingerprint density at radius 2 is 2.05 bits per heavy atom. The van der Waals surface area contributed by atoms with Gasteiger partial charge in [0.15, 0.2) is 0 Å². The molecule has 2 rings (SSSR count). The molecule has 0 aliphatic carbocycles. The Bertz CT molecular complexity index is 533. The molecule has 0 radical (unpaired) electrons. The zero-order valence-corrected chi connectivity index (χ0v) is 10.7. The third kappa shape index (κ3) is 3.58. The van der Waals surface area contributed by atoms with Crippen LogP contribution in [0.25, 0.3) is 11.4 Å². The molecular formula is C14H18N4O. The van der Waals surface area contributed by atoms with Gasteiger partial charge in [-0.2, -0.15) is 0 Å². The lowest BCUT2D eigenvalue weighted by molar-refractivity contribution is 0.316. The van der Waals surface area contributed by atoms with E-state index in [-0.39, 0.29) is 5.84 Å². The first-order chi connectivity index (χ1) is 9.31. The zero-order valence-electron chi connectivity index (χ0n) is 10.7. The van der Waals surface area contributed by atoms with Gasteiger partial charge in [0.2, 0.25) is 0 Å². The molecule has 0 saturated carbocycles. The predicted molar refractivity (Wildman–Crippen MR) is 74.9 cm³/mol. The SMILES string of the molecule is N/C(CCCCn1ccnc1-c1ccccc1)=N/O. The van der Waals surface area contributed by atoms with E-state index >= 15 is 0 Å². The molecule has 0 saturated heterocycles. The minimum absolute atomic E-state index is 0.286. The molecule has 5 nitrogen and oxygen atoms in total. The molecule has 0 fully saturated rings. The second-order valence-electron chi connectivity index (χ2n) is 4.36. The largest absolute Gasteiger partial charge is 0.409 e. The molecule has 0 aliphatic rings. The average molecular weight is 258 g/mol. The number of aromatic nitrogens is 2. The summed E-state index contributed by atoms with van der Waals surface area (Å²) >= 11 is 0. The lowest BCUT2D eigenvalue weighted by Crippen LogP contribution is -2.11. The smallest absolute Gasteiger partial charge is 0.139 e. The lowest BCUT2D eigenvalue weighted by atomic mass is 10.2. The monoisotopic (exact) mass is 258 g/mol. The van der Waals surface area contributed by atoms with Gasteiger partial charge < -0.3 is 15.5 Å². The highest BCUT2D eigenvalue weighted by atomic mass is 16.4. The lowest BCUT2D eigenvalue weighted by Gasteiger charge is -2.07. The molecule has 100 valence electrons. The fourth-order valence-corrected chi connectivity index (χ4v) is 1.98. The van der Waals surface area contributed by atoms with Gasteiger partial charge >= 0.3 is 0 Å². The van der Waals surface area contributed by atoms with Gasteiger partial charge in [0, 0.05) is 30.9 Å². The first kappa shape index (κ1) is 13.1. The third-order valence-corrected chi connectivity index (χ3v) is 2.96. The van der Waals surface area contributed by atoms with Crippen molar-refractivity contribution in [3.05, 3.63) is 42.7 Å². The summed E-state index contributed by atoms with van der Waals surface area (Å²) in [5.74, 6) is 1.26. The van der Waals surface area contributed by atoms with E-state index in [9.17, 15) is 0 Å². The molecule has 0 atom stereocenters. The van der Waals surface area contributed by atoms with Crippen molar-refractivity contribution in [3.63, 3.8) is 0 Å². The Hall–Kier alpha value is -2.30. The first-order valence-corrected chi connectivity index (χ1v) is 6.34. The molecule has 19 heavy (non-hydrogen) atoms. The summed E-state index contributed by atoms with van der Waals surface area (Å²) < 4.78 is 2.13. The van der Waals surface area contributed by atoms with E-state index in [0.717, 1.165) is 30.8 Å². The van der Waals surface area contributed by atoms with Crippen molar-refractivity contribution in [1.82, 2.24) is 9.55 Å². The maximum atomic E-state index is 8.46. The second-order valence-corrected chi connectivity index (χ2v) is 4.36. The van der Waals surface area contributed by atoms with E-state index in [2.05, 4.69) is 26.8 Å². The van der Waals surface area contributed by atoms with Gasteiger partial charge in [0.25, 0.3) is 0 Å². The van der Waals surface area contributed by atoms with Crippen LogP contribution in [0.2, 0.25) is 0 Å². The van der Waals surface area contributed by atoms with Crippen LogP contribution in [-0.4, -0.2) is 20.6 Å². The molecule has 0 spiro atoms. The first-order valence-electron chi connectivity index (χ1n) is 6.34. The van der Waals surface area contributed by atoms with E-state index in [1.807, 2.05) is 30.6 Å².